The van der Waals surface area contributed by atoms with Gasteiger partial charge in [-0.3, -0.25) is 0 Å². The van der Waals surface area contributed by atoms with Crippen molar-refractivity contribution < 1.29 is 0 Å². The van der Waals surface area contributed by atoms with Crippen molar-refractivity contribution in [3.05, 3.63) is 30.5 Å². The molecule has 0 amide bonds. The number of fused-ring (bicyclic) bond motifs is 1. The van der Waals surface area contributed by atoms with Crippen LogP contribution in [0, 0.1) is 0 Å². The van der Waals surface area contributed by atoms with Crippen molar-refractivity contribution in [3.63, 3.8) is 0 Å². The van der Waals surface area contributed by atoms with Crippen LogP contribution in [0.1, 0.15) is 0 Å². The molecule has 5 nitrogen and oxygen atoms in total. The van der Waals surface area contributed by atoms with Crippen LogP contribution in [0.5, 0.6) is 0 Å². The molecule has 0 aliphatic carbocycles. The lowest BCUT2D eigenvalue weighted by atomic mass is 10.1. The lowest BCUT2D eigenvalue weighted by Crippen LogP contribution is -2.55. The van der Waals surface area contributed by atoms with Crippen LogP contribution in [0.4, 0.5) is 5.82 Å². The summed E-state index contributed by atoms with van der Waals surface area (Å²) >= 11 is 0. The standard InChI is InChI=1S/C14H19N5/c1-18-6-7-19(12(8-15)10-18)14-13-5-3-2-4-11(13)9-16-17-14/h2-5,9,12H,6-8,10,15H2,1H3. The van der Waals surface area contributed by atoms with Crippen molar-refractivity contribution in [3.8, 4) is 0 Å². The number of hydrogen-bond donors (Lipinski definition) is 1. The van der Waals surface area contributed by atoms with Crippen molar-refractivity contribution in [1.29, 1.82) is 0 Å². The largest absolute Gasteiger partial charge is 0.348 e. The first-order valence-electron chi connectivity index (χ1n) is 6.65. The molecule has 1 aromatic carbocycles. The molecule has 1 fully saturated rings. The smallest absolute Gasteiger partial charge is 0.159 e. The van der Waals surface area contributed by atoms with E-state index in [1.165, 1.54) is 0 Å². The van der Waals surface area contributed by atoms with Gasteiger partial charge in [0.2, 0.25) is 0 Å². The fourth-order valence-corrected chi connectivity index (χ4v) is 2.72. The van der Waals surface area contributed by atoms with E-state index in [0.717, 1.165) is 36.2 Å². The predicted molar refractivity (Wildman–Crippen MR) is 77.2 cm³/mol. The van der Waals surface area contributed by atoms with Crippen molar-refractivity contribution in [2.24, 2.45) is 5.73 Å². The SMILES string of the molecule is CN1CCN(c2nncc3ccccc23)C(CN)C1. The highest BCUT2D eigenvalue weighted by Crippen LogP contribution is 2.25. The number of nitrogens with two attached hydrogens (primary N) is 1. The van der Waals surface area contributed by atoms with E-state index in [1.807, 2.05) is 18.3 Å². The van der Waals surface area contributed by atoms with Crippen LogP contribution >= 0.6 is 0 Å². The summed E-state index contributed by atoms with van der Waals surface area (Å²) in [5.41, 5.74) is 5.92. The van der Waals surface area contributed by atoms with Crippen LogP contribution in [-0.4, -0.2) is 54.4 Å². The van der Waals surface area contributed by atoms with E-state index in [1.54, 1.807) is 0 Å². The van der Waals surface area contributed by atoms with E-state index >= 15 is 0 Å². The first-order chi connectivity index (χ1) is 9.29. The second kappa shape index (κ2) is 5.11. The van der Waals surface area contributed by atoms with Gasteiger partial charge in [0.05, 0.1) is 12.2 Å². The summed E-state index contributed by atoms with van der Waals surface area (Å²) in [7, 11) is 2.13. The maximum absolute atomic E-state index is 5.92. The first-order valence-corrected chi connectivity index (χ1v) is 6.65. The average molecular weight is 257 g/mol. The number of hydrogen-bond acceptors (Lipinski definition) is 5. The first kappa shape index (κ1) is 12.3. The molecule has 0 saturated carbocycles. The van der Waals surface area contributed by atoms with E-state index in [0.29, 0.717) is 12.6 Å². The third-order valence-corrected chi connectivity index (χ3v) is 3.78. The highest BCUT2D eigenvalue weighted by Gasteiger charge is 2.26. The number of rotatable bonds is 2. The molecule has 1 saturated heterocycles. The van der Waals surface area contributed by atoms with Crippen LogP contribution < -0.4 is 10.6 Å². The topological polar surface area (TPSA) is 58.3 Å². The van der Waals surface area contributed by atoms with E-state index < -0.39 is 0 Å². The summed E-state index contributed by atoms with van der Waals surface area (Å²) < 4.78 is 0. The second-order valence-corrected chi connectivity index (χ2v) is 5.10. The Bertz CT molecular complexity index is 565. The molecule has 0 bridgehead atoms. The summed E-state index contributed by atoms with van der Waals surface area (Å²) in [6.07, 6.45) is 1.81. The Morgan fingerprint density at radius 1 is 1.32 bits per heavy atom. The number of aromatic nitrogens is 2. The fraction of sp³-hybridized carbons (Fsp3) is 0.429. The summed E-state index contributed by atoms with van der Waals surface area (Å²) in [5, 5.41) is 10.8. The maximum Gasteiger partial charge on any atom is 0.159 e. The minimum atomic E-state index is 0.304. The molecule has 1 aliphatic rings. The summed E-state index contributed by atoms with van der Waals surface area (Å²) in [4.78, 5) is 4.61. The Balaban J connectivity index is 2.03. The van der Waals surface area contributed by atoms with Crippen LogP contribution in [-0.2, 0) is 0 Å². The molecule has 100 valence electrons. The fourth-order valence-electron chi connectivity index (χ4n) is 2.72. The van der Waals surface area contributed by atoms with Crippen molar-refractivity contribution >= 4 is 16.6 Å². The van der Waals surface area contributed by atoms with Crippen LogP contribution in [0.2, 0.25) is 0 Å². The molecular weight excluding hydrogens is 238 g/mol. The minimum Gasteiger partial charge on any atom is -0.348 e. The van der Waals surface area contributed by atoms with Gasteiger partial charge in [-0.2, -0.15) is 5.10 Å². The Labute approximate surface area is 113 Å². The summed E-state index contributed by atoms with van der Waals surface area (Å²) in [5.74, 6) is 0.960. The van der Waals surface area contributed by atoms with E-state index in [9.17, 15) is 0 Å². The lowest BCUT2D eigenvalue weighted by molar-refractivity contribution is 0.269. The number of nitrogens with zero attached hydrogens (tertiary/aromatic N) is 4. The molecular formula is C14H19N5. The van der Waals surface area contributed by atoms with Gasteiger partial charge in [-0.1, -0.05) is 24.3 Å². The zero-order valence-corrected chi connectivity index (χ0v) is 11.2. The number of piperazine rings is 1. The highest BCUT2D eigenvalue weighted by atomic mass is 15.3. The van der Waals surface area contributed by atoms with Gasteiger partial charge < -0.3 is 15.5 Å². The third kappa shape index (κ3) is 2.27. The van der Waals surface area contributed by atoms with E-state index in [4.69, 9.17) is 5.73 Å². The molecule has 1 unspecified atom stereocenters. The molecule has 3 rings (SSSR count). The minimum absolute atomic E-state index is 0.304. The Hall–Kier alpha value is -1.72. The maximum atomic E-state index is 5.92. The van der Waals surface area contributed by atoms with Crippen LogP contribution in [0.25, 0.3) is 10.8 Å². The molecule has 2 heterocycles. The van der Waals surface area contributed by atoms with Gasteiger partial charge in [0.25, 0.3) is 0 Å². The van der Waals surface area contributed by atoms with Crippen molar-refractivity contribution in [2.45, 2.75) is 6.04 Å². The predicted octanol–water partition coefficient (Wildman–Crippen LogP) is 0.709. The zero-order valence-electron chi connectivity index (χ0n) is 11.2. The van der Waals surface area contributed by atoms with Crippen LogP contribution in [0.3, 0.4) is 0 Å². The molecule has 2 N–H and O–H groups in total. The summed E-state index contributed by atoms with van der Waals surface area (Å²) in [6, 6.07) is 8.55. The summed E-state index contributed by atoms with van der Waals surface area (Å²) in [6.45, 7) is 3.58. The number of likely N-dealkylation sites (N-methyl/N-ethyl adjacent to an activating group) is 1. The molecule has 1 aliphatic heterocycles. The van der Waals surface area contributed by atoms with Gasteiger partial charge in [-0.25, -0.2) is 0 Å². The van der Waals surface area contributed by atoms with Gasteiger partial charge in [0.15, 0.2) is 5.82 Å². The second-order valence-electron chi connectivity index (χ2n) is 5.10. The zero-order chi connectivity index (χ0) is 13.2. The lowest BCUT2D eigenvalue weighted by Gasteiger charge is -2.40. The molecule has 19 heavy (non-hydrogen) atoms. The van der Waals surface area contributed by atoms with Crippen molar-refractivity contribution in [2.75, 3.05) is 38.1 Å². The van der Waals surface area contributed by atoms with Gasteiger partial charge in [0.1, 0.15) is 0 Å². The van der Waals surface area contributed by atoms with Gasteiger partial charge in [0, 0.05) is 37.0 Å². The van der Waals surface area contributed by atoms with E-state index in [2.05, 4.69) is 39.2 Å². The normalized spacial score (nSPS) is 20.9. The van der Waals surface area contributed by atoms with Crippen LogP contribution in [0.15, 0.2) is 30.5 Å². The van der Waals surface area contributed by atoms with Crippen molar-refractivity contribution in [1.82, 2.24) is 15.1 Å². The molecule has 1 atom stereocenters. The molecule has 2 aromatic rings. The van der Waals surface area contributed by atoms with Gasteiger partial charge in [-0.05, 0) is 7.05 Å². The number of benzene rings is 1. The molecule has 0 spiro atoms. The molecule has 0 radical (unpaired) electrons. The van der Waals surface area contributed by atoms with E-state index in [-0.39, 0.29) is 0 Å². The number of anilines is 1. The highest BCUT2D eigenvalue weighted by molar-refractivity contribution is 5.91. The Morgan fingerprint density at radius 2 is 2.16 bits per heavy atom. The monoisotopic (exact) mass is 257 g/mol. The Morgan fingerprint density at radius 3 is 3.00 bits per heavy atom. The van der Waals surface area contributed by atoms with Gasteiger partial charge in [-0.15, -0.1) is 5.10 Å². The Kier molecular flexibility index (Phi) is 3.31. The van der Waals surface area contributed by atoms with Gasteiger partial charge >= 0.3 is 0 Å². The molecule has 5 heteroatoms. The third-order valence-electron chi connectivity index (χ3n) is 3.78. The molecule has 1 aromatic heterocycles. The average Bonchev–Trinajstić information content (AvgIpc) is 2.46. The quantitative estimate of drug-likeness (QED) is 0.858.